The van der Waals surface area contributed by atoms with Crippen LogP contribution in [0, 0.1) is 22.2 Å². The summed E-state index contributed by atoms with van der Waals surface area (Å²) >= 11 is 3.97. The summed E-state index contributed by atoms with van der Waals surface area (Å²) in [4.78, 5) is 4.96. The standard InChI is InChI=1S/C45H36BN3S2/c1-44(2)21-27-17-33-37(19-29(27)23-44)50-42-40(33)48(31-11-7-5-8-12-31)35-15-26(25-47)16-36-39(35)46(42)43-41(49(36)32-13-9-6-10-14-32)34-18-28-22-45(3,4)24-30(28)20-38(34)51-43/h5-20H,21-24H2,1-4H3. The average Bonchev–Trinajstić information content (AvgIpc) is 3.83. The molecule has 0 unspecified atom stereocenters. The van der Waals surface area contributed by atoms with Crippen LogP contribution in [-0.4, -0.2) is 6.71 Å². The van der Waals surface area contributed by atoms with E-state index in [1.165, 1.54) is 68.8 Å². The van der Waals surface area contributed by atoms with Crippen molar-refractivity contribution in [1.82, 2.24) is 0 Å². The molecule has 2 aliphatic carbocycles. The van der Waals surface area contributed by atoms with E-state index in [2.05, 4.69) is 141 Å². The Bertz CT molecular complexity index is 2500. The van der Waals surface area contributed by atoms with Crippen LogP contribution in [0.4, 0.5) is 34.1 Å². The van der Waals surface area contributed by atoms with Gasteiger partial charge in [0.05, 0.1) is 23.0 Å². The van der Waals surface area contributed by atoms with Gasteiger partial charge >= 0.3 is 0 Å². The zero-order chi connectivity index (χ0) is 34.4. The predicted octanol–water partition coefficient (Wildman–Crippen LogP) is 10.3. The van der Waals surface area contributed by atoms with E-state index < -0.39 is 0 Å². The number of fused-ring (bicyclic) bond motifs is 10. The number of anilines is 6. The molecule has 0 amide bonds. The third kappa shape index (κ3) is 4.23. The first kappa shape index (κ1) is 29.9. The van der Waals surface area contributed by atoms with E-state index in [4.69, 9.17) is 0 Å². The summed E-state index contributed by atoms with van der Waals surface area (Å²) in [5.74, 6) is 0. The van der Waals surface area contributed by atoms with E-state index in [9.17, 15) is 5.26 Å². The second-order valence-electron chi connectivity index (χ2n) is 16.7. The zero-order valence-corrected chi connectivity index (χ0v) is 30.9. The van der Waals surface area contributed by atoms with Gasteiger partial charge in [0.1, 0.15) is 0 Å². The number of benzene rings is 5. The van der Waals surface area contributed by atoms with E-state index in [1.54, 1.807) is 0 Å². The molecule has 246 valence electrons. The van der Waals surface area contributed by atoms with E-state index >= 15 is 0 Å². The topological polar surface area (TPSA) is 30.3 Å². The molecular formula is C45H36BN3S2. The van der Waals surface area contributed by atoms with Gasteiger partial charge in [0.2, 0.25) is 0 Å². The van der Waals surface area contributed by atoms with Crippen molar-refractivity contribution in [3.63, 3.8) is 0 Å². The normalized spacial score (nSPS) is 17.3. The molecule has 51 heavy (non-hydrogen) atoms. The molecule has 0 N–H and O–H groups in total. The minimum absolute atomic E-state index is 0.0695. The summed E-state index contributed by atoms with van der Waals surface area (Å²) in [6, 6.07) is 38.6. The van der Waals surface area contributed by atoms with Crippen LogP contribution in [0.2, 0.25) is 0 Å². The van der Waals surface area contributed by atoms with E-state index in [-0.39, 0.29) is 17.5 Å². The lowest BCUT2D eigenvalue weighted by Crippen LogP contribution is -2.59. The predicted molar refractivity (Wildman–Crippen MR) is 218 cm³/mol. The molecule has 3 nitrogen and oxygen atoms in total. The van der Waals surface area contributed by atoms with Gasteiger partial charge in [0.25, 0.3) is 6.71 Å². The maximum atomic E-state index is 10.6. The monoisotopic (exact) mass is 693 g/mol. The first-order valence-electron chi connectivity index (χ1n) is 18.1. The second-order valence-corrected chi connectivity index (χ2v) is 18.9. The highest BCUT2D eigenvalue weighted by Gasteiger charge is 2.47. The quantitative estimate of drug-likeness (QED) is 0.169. The Hall–Kier alpha value is -4.83. The van der Waals surface area contributed by atoms with Gasteiger partial charge in [-0.25, -0.2) is 0 Å². The number of para-hydroxylation sites is 2. The molecule has 0 atom stereocenters. The Morgan fingerprint density at radius 3 is 1.41 bits per heavy atom. The van der Waals surface area contributed by atoms with Gasteiger partial charge < -0.3 is 9.80 Å². The smallest absolute Gasteiger partial charge is 0.277 e. The number of hydrogen-bond acceptors (Lipinski definition) is 5. The number of thiophene rings is 2. The van der Waals surface area contributed by atoms with Gasteiger partial charge in [-0.2, -0.15) is 5.26 Å². The lowest BCUT2D eigenvalue weighted by molar-refractivity contribution is 0.392. The average molecular weight is 694 g/mol. The molecule has 2 aromatic heterocycles. The largest absolute Gasteiger partial charge is 0.310 e. The fourth-order valence-corrected chi connectivity index (χ4v) is 12.6. The number of hydrogen-bond donors (Lipinski definition) is 0. The first-order chi connectivity index (χ1) is 24.7. The van der Waals surface area contributed by atoms with Crippen LogP contribution in [0.5, 0.6) is 0 Å². The molecular weight excluding hydrogens is 657 g/mol. The zero-order valence-electron chi connectivity index (χ0n) is 29.3. The first-order valence-corrected chi connectivity index (χ1v) is 19.7. The third-order valence-corrected chi connectivity index (χ3v) is 14.1. The molecule has 0 spiro atoms. The van der Waals surface area contributed by atoms with Crippen LogP contribution in [0.3, 0.4) is 0 Å². The molecule has 0 saturated carbocycles. The Balaban J connectivity index is 1.27. The van der Waals surface area contributed by atoms with Crippen molar-refractivity contribution >= 4 is 98.7 Å². The van der Waals surface area contributed by atoms with Crippen LogP contribution < -0.4 is 24.8 Å². The van der Waals surface area contributed by atoms with Gasteiger partial charge in [-0.1, -0.05) is 64.1 Å². The summed E-state index contributed by atoms with van der Waals surface area (Å²) in [7, 11) is 0. The number of nitriles is 1. The molecule has 0 bridgehead atoms. The molecule has 4 heterocycles. The van der Waals surface area contributed by atoms with E-state index in [1.807, 2.05) is 22.7 Å². The Labute approximate surface area is 307 Å². The highest BCUT2D eigenvalue weighted by Crippen LogP contribution is 2.52. The lowest BCUT2D eigenvalue weighted by atomic mass is 9.39. The SMILES string of the molecule is CC1(C)Cc2cc3sc4c(c3cc2C1)N(c1ccccc1)c1cc(C#N)cc2c1B4c1sc3cc4c(cc3c1N2c1ccccc1)CC(C)(C)C4. The highest BCUT2D eigenvalue weighted by molar-refractivity contribution is 7.40. The van der Waals surface area contributed by atoms with E-state index in [0.717, 1.165) is 48.4 Å². The van der Waals surface area contributed by atoms with Gasteiger partial charge in [0, 0.05) is 52.5 Å². The van der Waals surface area contributed by atoms with Gasteiger partial charge in [-0.3, -0.25) is 0 Å². The minimum Gasteiger partial charge on any atom is -0.310 e. The van der Waals surface area contributed by atoms with Crippen molar-refractivity contribution in [1.29, 1.82) is 5.26 Å². The highest BCUT2D eigenvalue weighted by atomic mass is 32.1. The van der Waals surface area contributed by atoms with Crippen LogP contribution in [-0.2, 0) is 25.7 Å². The number of nitrogens with zero attached hydrogens (tertiary/aromatic N) is 3. The summed E-state index contributed by atoms with van der Waals surface area (Å²) in [6.45, 7) is 9.66. The van der Waals surface area contributed by atoms with Crippen LogP contribution >= 0.6 is 22.7 Å². The molecule has 0 saturated heterocycles. The fourth-order valence-electron chi connectivity index (χ4n) is 9.84. The van der Waals surface area contributed by atoms with Crippen molar-refractivity contribution < 1.29 is 0 Å². The Morgan fingerprint density at radius 2 is 1.00 bits per heavy atom. The third-order valence-electron chi connectivity index (χ3n) is 11.7. The van der Waals surface area contributed by atoms with Crippen LogP contribution in [0.15, 0.2) is 97.1 Å². The second kappa shape index (κ2) is 10.2. The van der Waals surface area contributed by atoms with Crippen LogP contribution in [0.1, 0.15) is 55.5 Å². The maximum Gasteiger partial charge on any atom is 0.277 e. The molecule has 2 aliphatic heterocycles. The molecule has 5 aromatic carbocycles. The maximum absolute atomic E-state index is 10.6. The van der Waals surface area contributed by atoms with Crippen molar-refractivity contribution in [2.24, 2.45) is 10.8 Å². The van der Waals surface area contributed by atoms with Crippen molar-refractivity contribution in [2.45, 2.75) is 53.4 Å². The van der Waals surface area contributed by atoms with Crippen molar-refractivity contribution in [3.8, 4) is 6.07 Å². The van der Waals surface area contributed by atoms with Gasteiger partial charge in [-0.15, -0.1) is 22.7 Å². The van der Waals surface area contributed by atoms with Gasteiger partial charge in [-0.05, 0) is 125 Å². The Morgan fingerprint density at radius 1 is 0.588 bits per heavy atom. The minimum atomic E-state index is 0.0695. The molecule has 0 radical (unpaired) electrons. The molecule has 4 aliphatic rings. The number of rotatable bonds is 2. The lowest BCUT2D eigenvalue weighted by Gasteiger charge is -2.42. The fraction of sp³-hybridized carbons (Fsp3) is 0.222. The van der Waals surface area contributed by atoms with Gasteiger partial charge in [0.15, 0.2) is 0 Å². The summed E-state index contributed by atoms with van der Waals surface area (Å²) in [6.07, 6.45) is 4.45. The van der Waals surface area contributed by atoms with E-state index in [0.29, 0.717) is 5.56 Å². The molecule has 7 aromatic rings. The Kier molecular flexibility index (Phi) is 5.95. The summed E-state index contributed by atoms with van der Waals surface area (Å²) in [5.41, 5.74) is 15.5. The molecule has 0 fully saturated rings. The summed E-state index contributed by atoms with van der Waals surface area (Å²) < 4.78 is 5.54. The van der Waals surface area contributed by atoms with Crippen molar-refractivity contribution in [2.75, 3.05) is 9.80 Å². The van der Waals surface area contributed by atoms with Crippen LogP contribution in [0.25, 0.3) is 20.2 Å². The van der Waals surface area contributed by atoms with Crippen molar-refractivity contribution in [3.05, 3.63) is 125 Å². The molecule has 6 heteroatoms. The molecule has 11 rings (SSSR count). The summed E-state index contributed by atoms with van der Waals surface area (Å²) in [5, 5.41) is 13.3.